The van der Waals surface area contributed by atoms with Crippen LogP contribution < -0.4 is 0 Å². The van der Waals surface area contributed by atoms with Crippen LogP contribution in [0.4, 0.5) is 13.2 Å². The molecule has 0 radical (unpaired) electrons. The van der Waals surface area contributed by atoms with E-state index in [0.717, 1.165) is 6.08 Å². The van der Waals surface area contributed by atoms with Crippen LogP contribution in [-0.4, -0.2) is 31.9 Å². The molecule has 0 N–H and O–H groups in total. The number of allylic oxidation sites excluding steroid dienone is 3. The zero-order valence-electron chi connectivity index (χ0n) is 11.0. The highest BCUT2D eigenvalue weighted by Crippen LogP contribution is 2.22. The number of halogens is 3. The van der Waals surface area contributed by atoms with Gasteiger partial charge in [-0.1, -0.05) is 18.7 Å². The minimum atomic E-state index is -4.21. The Morgan fingerprint density at radius 1 is 1.40 bits per heavy atom. The summed E-state index contributed by atoms with van der Waals surface area (Å²) in [7, 11) is 1.63. The van der Waals surface area contributed by atoms with Gasteiger partial charge in [-0.25, -0.2) is 4.99 Å². The summed E-state index contributed by atoms with van der Waals surface area (Å²) in [5.41, 5.74) is 0.561. The van der Waals surface area contributed by atoms with Gasteiger partial charge in [-0.2, -0.15) is 13.2 Å². The van der Waals surface area contributed by atoms with E-state index < -0.39 is 12.6 Å². The quantitative estimate of drug-likeness (QED) is 0.710. The SMILES string of the molecule is C=CC1=C(/C=C/CC(F)(F)F)CN=C(/C=C/C=N\C)O1. The molecule has 1 rings (SSSR count). The zero-order chi connectivity index (χ0) is 15.0. The first-order valence-corrected chi connectivity index (χ1v) is 5.86. The van der Waals surface area contributed by atoms with Crippen molar-refractivity contribution in [3.63, 3.8) is 0 Å². The fourth-order valence-corrected chi connectivity index (χ4v) is 1.39. The fraction of sp³-hybridized carbons (Fsp3) is 0.286. The Kier molecular flexibility index (Phi) is 5.96. The second-order valence-corrected chi connectivity index (χ2v) is 3.84. The highest BCUT2D eigenvalue weighted by Gasteiger charge is 2.24. The number of alkyl halides is 3. The number of nitrogens with zero attached hydrogens (tertiary/aromatic N) is 2. The molecule has 0 fully saturated rings. The van der Waals surface area contributed by atoms with E-state index in [2.05, 4.69) is 16.6 Å². The van der Waals surface area contributed by atoms with Gasteiger partial charge in [-0.15, -0.1) is 0 Å². The number of hydrogen-bond donors (Lipinski definition) is 0. The predicted octanol–water partition coefficient (Wildman–Crippen LogP) is 3.62. The van der Waals surface area contributed by atoms with E-state index in [4.69, 9.17) is 4.74 Å². The van der Waals surface area contributed by atoms with Crippen molar-refractivity contribution in [2.75, 3.05) is 13.6 Å². The summed E-state index contributed by atoms with van der Waals surface area (Å²) >= 11 is 0. The smallest absolute Gasteiger partial charge is 0.392 e. The van der Waals surface area contributed by atoms with E-state index in [9.17, 15) is 13.2 Å². The monoisotopic (exact) mass is 284 g/mol. The van der Waals surface area contributed by atoms with Gasteiger partial charge in [0.15, 0.2) is 0 Å². The molecule has 1 heterocycles. The Labute approximate surface area is 115 Å². The topological polar surface area (TPSA) is 34.0 Å². The summed E-state index contributed by atoms with van der Waals surface area (Å²) in [6.45, 7) is 3.83. The van der Waals surface area contributed by atoms with Gasteiger partial charge in [0.25, 0.3) is 0 Å². The van der Waals surface area contributed by atoms with Gasteiger partial charge in [0.1, 0.15) is 5.76 Å². The van der Waals surface area contributed by atoms with Crippen molar-refractivity contribution in [2.24, 2.45) is 9.98 Å². The lowest BCUT2D eigenvalue weighted by Crippen LogP contribution is -2.11. The largest absolute Gasteiger partial charge is 0.439 e. The van der Waals surface area contributed by atoms with Gasteiger partial charge < -0.3 is 4.74 Å². The molecule has 0 aromatic heterocycles. The number of rotatable bonds is 5. The third-order valence-electron chi connectivity index (χ3n) is 2.26. The third kappa shape index (κ3) is 5.69. The molecular weight excluding hydrogens is 269 g/mol. The first-order valence-electron chi connectivity index (χ1n) is 5.86. The standard InChI is InChI=1S/C14H15F3N2O/c1-3-12-11(6-4-8-14(15,16)17)10-19-13(20-12)7-5-9-18-2/h3-7,9H,1,8,10H2,2H3/b6-4+,7-5+,18-9-. The van der Waals surface area contributed by atoms with Crippen LogP contribution in [0.25, 0.3) is 0 Å². The number of hydrogen-bond acceptors (Lipinski definition) is 3. The molecule has 108 valence electrons. The van der Waals surface area contributed by atoms with E-state index >= 15 is 0 Å². The Morgan fingerprint density at radius 3 is 2.75 bits per heavy atom. The Bertz CT molecular complexity index is 497. The van der Waals surface area contributed by atoms with Crippen LogP contribution in [0, 0.1) is 0 Å². The van der Waals surface area contributed by atoms with Gasteiger partial charge in [0, 0.05) is 24.9 Å². The molecule has 1 aliphatic heterocycles. The molecule has 0 atom stereocenters. The van der Waals surface area contributed by atoms with E-state index in [0.29, 0.717) is 17.2 Å². The molecule has 20 heavy (non-hydrogen) atoms. The van der Waals surface area contributed by atoms with Crippen LogP contribution in [0.2, 0.25) is 0 Å². The molecule has 0 spiro atoms. The summed E-state index contributed by atoms with van der Waals surface area (Å²) in [5.74, 6) is 0.777. The zero-order valence-corrected chi connectivity index (χ0v) is 11.0. The fourth-order valence-electron chi connectivity index (χ4n) is 1.39. The second-order valence-electron chi connectivity index (χ2n) is 3.84. The maximum absolute atomic E-state index is 12.1. The van der Waals surface area contributed by atoms with E-state index in [1.54, 1.807) is 25.4 Å². The summed E-state index contributed by atoms with van der Waals surface area (Å²) in [6, 6.07) is 0. The molecule has 0 aliphatic carbocycles. The maximum Gasteiger partial charge on any atom is 0.392 e. The molecule has 0 saturated carbocycles. The Morgan fingerprint density at radius 2 is 2.15 bits per heavy atom. The normalized spacial score (nSPS) is 17.1. The van der Waals surface area contributed by atoms with Crippen molar-refractivity contribution in [3.8, 4) is 0 Å². The molecule has 6 heteroatoms. The lowest BCUT2D eigenvalue weighted by molar-refractivity contribution is -0.125. The van der Waals surface area contributed by atoms with Crippen molar-refractivity contribution in [2.45, 2.75) is 12.6 Å². The van der Waals surface area contributed by atoms with Gasteiger partial charge in [0.05, 0.1) is 13.0 Å². The minimum Gasteiger partial charge on any atom is -0.439 e. The van der Waals surface area contributed by atoms with Crippen molar-refractivity contribution in [1.29, 1.82) is 0 Å². The molecule has 0 aromatic rings. The average molecular weight is 284 g/mol. The van der Waals surface area contributed by atoms with Gasteiger partial charge in [-0.05, 0) is 12.2 Å². The van der Waals surface area contributed by atoms with Gasteiger partial charge in [-0.3, -0.25) is 4.99 Å². The van der Waals surface area contributed by atoms with Crippen LogP contribution in [0.1, 0.15) is 6.42 Å². The van der Waals surface area contributed by atoms with E-state index in [1.165, 1.54) is 12.2 Å². The third-order valence-corrected chi connectivity index (χ3v) is 2.26. The van der Waals surface area contributed by atoms with Gasteiger partial charge in [0.2, 0.25) is 5.90 Å². The molecule has 0 aromatic carbocycles. The van der Waals surface area contributed by atoms with Crippen LogP contribution in [0.5, 0.6) is 0 Å². The molecule has 1 aliphatic rings. The van der Waals surface area contributed by atoms with Crippen LogP contribution in [-0.2, 0) is 4.74 Å². The van der Waals surface area contributed by atoms with Crippen molar-refractivity contribution in [1.82, 2.24) is 0 Å². The summed E-state index contributed by atoms with van der Waals surface area (Å²) in [5, 5.41) is 0. The summed E-state index contributed by atoms with van der Waals surface area (Å²) in [6.07, 6.45) is 3.51. The van der Waals surface area contributed by atoms with Crippen LogP contribution in [0.3, 0.4) is 0 Å². The molecular formula is C14H15F3N2O. The first-order chi connectivity index (χ1) is 9.46. The van der Waals surface area contributed by atoms with Crippen molar-refractivity contribution < 1.29 is 17.9 Å². The average Bonchev–Trinajstić information content (AvgIpc) is 2.39. The second kappa shape index (κ2) is 7.47. The molecule has 0 unspecified atom stereocenters. The number of aliphatic imine (C=N–C) groups is 2. The summed E-state index contributed by atoms with van der Waals surface area (Å²) < 4.78 is 41.6. The van der Waals surface area contributed by atoms with Crippen molar-refractivity contribution in [3.05, 3.63) is 48.3 Å². The number of ether oxygens (including phenoxy) is 1. The lowest BCUT2D eigenvalue weighted by atomic mass is 10.1. The van der Waals surface area contributed by atoms with E-state index in [1.807, 2.05) is 0 Å². The molecule has 0 bridgehead atoms. The highest BCUT2D eigenvalue weighted by atomic mass is 19.4. The predicted molar refractivity (Wildman–Crippen MR) is 74.0 cm³/mol. The Balaban J connectivity index is 2.72. The van der Waals surface area contributed by atoms with Crippen LogP contribution >= 0.6 is 0 Å². The van der Waals surface area contributed by atoms with Crippen molar-refractivity contribution >= 4 is 12.1 Å². The molecule has 3 nitrogen and oxygen atoms in total. The van der Waals surface area contributed by atoms with E-state index in [-0.39, 0.29) is 6.54 Å². The highest BCUT2D eigenvalue weighted by molar-refractivity contribution is 5.93. The first kappa shape index (κ1) is 15.9. The lowest BCUT2D eigenvalue weighted by Gasteiger charge is -2.15. The molecule has 0 amide bonds. The van der Waals surface area contributed by atoms with Gasteiger partial charge >= 0.3 is 6.18 Å². The van der Waals surface area contributed by atoms with Crippen LogP contribution in [0.15, 0.2) is 58.3 Å². The maximum atomic E-state index is 12.1. The molecule has 0 saturated heterocycles. The minimum absolute atomic E-state index is 0.249. The Hall–Kier alpha value is -2.11. The summed E-state index contributed by atoms with van der Waals surface area (Å²) in [4.78, 5) is 7.87.